The summed E-state index contributed by atoms with van der Waals surface area (Å²) < 4.78 is 11.1. The number of likely N-dealkylation sites (N-methyl/N-ethyl adjacent to an activating group) is 1. The summed E-state index contributed by atoms with van der Waals surface area (Å²) in [4.78, 5) is 27.0. The van der Waals surface area contributed by atoms with E-state index in [9.17, 15) is 9.59 Å². The minimum Gasteiger partial charge on any atom is -0.444 e. The molecule has 4 aromatic rings. The number of hydrogen-bond acceptors (Lipinski definition) is 5. The Morgan fingerprint density at radius 2 is 1.60 bits per heavy atom. The first-order valence-electron chi connectivity index (χ1n) is 9.46. The van der Waals surface area contributed by atoms with E-state index < -0.39 is 12.1 Å². The van der Waals surface area contributed by atoms with Gasteiger partial charge in [-0.2, -0.15) is 0 Å². The van der Waals surface area contributed by atoms with E-state index in [-0.39, 0.29) is 5.91 Å². The first-order valence-corrected chi connectivity index (χ1v) is 9.46. The molecule has 6 nitrogen and oxygen atoms in total. The Morgan fingerprint density at radius 1 is 0.933 bits per heavy atom. The zero-order valence-corrected chi connectivity index (χ0v) is 16.6. The Morgan fingerprint density at radius 3 is 2.27 bits per heavy atom. The zero-order chi connectivity index (χ0) is 21.1. The van der Waals surface area contributed by atoms with Gasteiger partial charge in [-0.05, 0) is 18.2 Å². The van der Waals surface area contributed by atoms with Crippen LogP contribution in [0, 0.1) is 0 Å². The number of rotatable bonds is 5. The van der Waals surface area contributed by atoms with Gasteiger partial charge in [0.15, 0.2) is 5.76 Å². The number of nitrogens with zero attached hydrogens (tertiary/aromatic N) is 2. The van der Waals surface area contributed by atoms with Gasteiger partial charge in [-0.3, -0.25) is 4.79 Å². The van der Waals surface area contributed by atoms with Crippen LogP contribution in [0.15, 0.2) is 83.4 Å². The van der Waals surface area contributed by atoms with Crippen molar-refractivity contribution in [1.82, 2.24) is 10.1 Å². The summed E-state index contributed by atoms with van der Waals surface area (Å²) in [5.41, 5.74) is 2.42. The van der Waals surface area contributed by atoms with E-state index >= 15 is 0 Å². The van der Waals surface area contributed by atoms with Gasteiger partial charge in [-0.1, -0.05) is 65.8 Å². The number of fused-ring (bicyclic) bond motifs is 1. The summed E-state index contributed by atoms with van der Waals surface area (Å²) in [5, 5.41) is 4.77. The van der Waals surface area contributed by atoms with Crippen molar-refractivity contribution >= 4 is 22.8 Å². The first kappa shape index (κ1) is 19.4. The minimum absolute atomic E-state index is 0.314. The highest BCUT2D eigenvalue weighted by molar-refractivity contribution is 5.99. The molecule has 0 saturated carbocycles. The van der Waals surface area contributed by atoms with Gasteiger partial charge in [0.1, 0.15) is 5.52 Å². The SMILES string of the molecule is CN(C)C(=O)[C@@H](OC(=O)c1ccc2noc(-c3ccccc3)c2c1)c1ccccc1. The fourth-order valence-corrected chi connectivity index (χ4v) is 3.16. The van der Waals surface area contributed by atoms with Gasteiger partial charge in [0.2, 0.25) is 6.10 Å². The van der Waals surface area contributed by atoms with Crippen LogP contribution in [-0.2, 0) is 9.53 Å². The molecule has 0 bridgehead atoms. The Hall–Kier alpha value is -3.93. The predicted molar refractivity (Wildman–Crippen MR) is 113 cm³/mol. The van der Waals surface area contributed by atoms with Crippen LogP contribution >= 0.6 is 0 Å². The Bertz CT molecular complexity index is 1180. The van der Waals surface area contributed by atoms with Gasteiger partial charge in [-0.25, -0.2) is 4.79 Å². The van der Waals surface area contributed by atoms with Crippen molar-refractivity contribution in [2.24, 2.45) is 0 Å². The van der Waals surface area contributed by atoms with Gasteiger partial charge in [0.05, 0.1) is 10.9 Å². The maximum absolute atomic E-state index is 12.9. The number of carbonyl (C=O) groups excluding carboxylic acids is 2. The zero-order valence-electron chi connectivity index (χ0n) is 16.6. The average Bonchev–Trinajstić information content (AvgIpc) is 3.21. The fourth-order valence-electron chi connectivity index (χ4n) is 3.16. The summed E-state index contributed by atoms with van der Waals surface area (Å²) in [6, 6.07) is 23.5. The van der Waals surface area contributed by atoms with E-state index in [1.54, 1.807) is 56.6 Å². The molecule has 0 spiro atoms. The molecule has 0 aliphatic carbocycles. The summed E-state index contributed by atoms with van der Waals surface area (Å²) in [7, 11) is 3.25. The summed E-state index contributed by atoms with van der Waals surface area (Å²) >= 11 is 0. The topological polar surface area (TPSA) is 72.6 Å². The third-order valence-corrected chi connectivity index (χ3v) is 4.74. The predicted octanol–water partition coefficient (Wildman–Crippen LogP) is 4.48. The van der Waals surface area contributed by atoms with Crippen molar-refractivity contribution in [1.29, 1.82) is 0 Å². The van der Waals surface area contributed by atoms with Gasteiger partial charge in [0, 0.05) is 25.2 Å². The third kappa shape index (κ3) is 3.80. The molecule has 1 heterocycles. The van der Waals surface area contributed by atoms with Crippen LogP contribution in [-0.4, -0.2) is 36.0 Å². The maximum Gasteiger partial charge on any atom is 0.339 e. The molecule has 3 aromatic carbocycles. The highest BCUT2D eigenvalue weighted by Crippen LogP contribution is 2.30. The van der Waals surface area contributed by atoms with Crippen LogP contribution in [0.3, 0.4) is 0 Å². The van der Waals surface area contributed by atoms with Crippen molar-refractivity contribution in [3.8, 4) is 11.3 Å². The van der Waals surface area contributed by atoms with Crippen LogP contribution in [0.5, 0.6) is 0 Å². The molecule has 0 radical (unpaired) electrons. The fraction of sp³-hybridized carbons (Fsp3) is 0.125. The Kier molecular flexibility index (Phi) is 5.30. The minimum atomic E-state index is -1.03. The second-order valence-electron chi connectivity index (χ2n) is 7.04. The highest BCUT2D eigenvalue weighted by atomic mass is 16.5. The second kappa shape index (κ2) is 8.21. The largest absolute Gasteiger partial charge is 0.444 e. The molecule has 150 valence electrons. The van der Waals surface area contributed by atoms with E-state index in [2.05, 4.69) is 5.16 Å². The first-order chi connectivity index (χ1) is 14.5. The van der Waals surface area contributed by atoms with Gasteiger partial charge in [0.25, 0.3) is 5.91 Å². The summed E-state index contributed by atoms with van der Waals surface area (Å²) in [6.45, 7) is 0. The van der Waals surface area contributed by atoms with Crippen LogP contribution in [0.4, 0.5) is 0 Å². The second-order valence-corrected chi connectivity index (χ2v) is 7.04. The molecular formula is C24H20N2O4. The molecule has 6 heteroatoms. The molecule has 0 fully saturated rings. The number of amides is 1. The highest BCUT2D eigenvalue weighted by Gasteiger charge is 2.27. The van der Waals surface area contributed by atoms with Crippen molar-refractivity contribution in [2.45, 2.75) is 6.10 Å². The molecule has 30 heavy (non-hydrogen) atoms. The molecule has 0 aliphatic heterocycles. The van der Waals surface area contributed by atoms with Crippen molar-refractivity contribution in [2.75, 3.05) is 14.1 Å². The average molecular weight is 400 g/mol. The molecule has 1 amide bonds. The maximum atomic E-state index is 12.9. The van der Waals surface area contributed by atoms with E-state index in [0.29, 0.717) is 27.8 Å². The third-order valence-electron chi connectivity index (χ3n) is 4.74. The van der Waals surface area contributed by atoms with Crippen LogP contribution in [0.2, 0.25) is 0 Å². The summed E-state index contributed by atoms with van der Waals surface area (Å²) in [5.74, 6) is -0.337. The molecule has 0 N–H and O–H groups in total. The number of esters is 1. The van der Waals surface area contributed by atoms with Crippen LogP contribution in [0.1, 0.15) is 22.0 Å². The molecule has 1 atom stereocenters. The number of ether oxygens (including phenoxy) is 1. The molecule has 1 aromatic heterocycles. The lowest BCUT2D eigenvalue weighted by Crippen LogP contribution is -2.31. The van der Waals surface area contributed by atoms with Gasteiger partial charge < -0.3 is 14.2 Å². The number of hydrogen-bond donors (Lipinski definition) is 0. The lowest BCUT2D eigenvalue weighted by Gasteiger charge is -2.21. The molecule has 4 rings (SSSR count). The number of carbonyl (C=O) groups is 2. The van der Waals surface area contributed by atoms with E-state index in [1.807, 2.05) is 36.4 Å². The number of aromatic nitrogens is 1. The Balaban J connectivity index is 1.67. The molecular weight excluding hydrogens is 380 g/mol. The lowest BCUT2D eigenvalue weighted by atomic mass is 10.1. The van der Waals surface area contributed by atoms with Crippen molar-refractivity contribution in [3.05, 3.63) is 90.0 Å². The molecule has 0 aliphatic rings. The lowest BCUT2D eigenvalue weighted by molar-refractivity contribution is -0.138. The van der Waals surface area contributed by atoms with Crippen LogP contribution < -0.4 is 0 Å². The Labute approximate surface area is 173 Å². The molecule has 0 unspecified atom stereocenters. The summed E-state index contributed by atoms with van der Waals surface area (Å²) in [6.07, 6.45) is -1.03. The quantitative estimate of drug-likeness (QED) is 0.462. The van der Waals surface area contributed by atoms with E-state index in [4.69, 9.17) is 9.26 Å². The van der Waals surface area contributed by atoms with Crippen molar-refractivity contribution < 1.29 is 18.8 Å². The normalized spacial score (nSPS) is 11.8. The van der Waals surface area contributed by atoms with E-state index in [0.717, 1.165) is 5.56 Å². The smallest absolute Gasteiger partial charge is 0.339 e. The standard InChI is InChI=1S/C24H20N2O4/c1-26(2)23(27)22(17-11-7-4-8-12-17)29-24(28)18-13-14-20-19(15-18)21(30-25-20)16-9-5-3-6-10-16/h3-15,22H,1-2H3/t22-/m0/s1. The van der Waals surface area contributed by atoms with Crippen molar-refractivity contribution in [3.63, 3.8) is 0 Å². The number of benzene rings is 3. The van der Waals surface area contributed by atoms with Gasteiger partial charge >= 0.3 is 5.97 Å². The van der Waals surface area contributed by atoms with E-state index in [1.165, 1.54) is 4.90 Å². The van der Waals surface area contributed by atoms with Gasteiger partial charge in [-0.15, -0.1) is 0 Å². The monoisotopic (exact) mass is 400 g/mol. The molecule has 0 saturated heterocycles. The van der Waals surface area contributed by atoms with Crippen LogP contribution in [0.25, 0.3) is 22.2 Å².